The molecule has 0 bridgehead atoms. The van der Waals surface area contributed by atoms with E-state index in [1.165, 1.54) is 5.56 Å². The van der Waals surface area contributed by atoms with Crippen LogP contribution in [0.15, 0.2) is 35.3 Å². The van der Waals surface area contributed by atoms with Gasteiger partial charge in [0.15, 0.2) is 5.96 Å². The number of nitrogens with two attached hydrogens (primary N) is 1. The maximum Gasteiger partial charge on any atom is 0.223 e. The summed E-state index contributed by atoms with van der Waals surface area (Å²) in [6.45, 7) is 6.36. The number of hydrogen-bond donors (Lipinski definition) is 2. The minimum atomic E-state index is 0.231. The van der Waals surface area contributed by atoms with Crippen LogP contribution >= 0.6 is 0 Å². The van der Waals surface area contributed by atoms with Gasteiger partial charge in [-0.1, -0.05) is 37.3 Å². The normalized spacial score (nSPS) is 19.9. The zero-order valence-electron chi connectivity index (χ0n) is 14.2. The van der Waals surface area contributed by atoms with Gasteiger partial charge < -0.3 is 16.0 Å². The fourth-order valence-corrected chi connectivity index (χ4v) is 2.73. The molecule has 5 heteroatoms. The molecule has 1 amide bonds. The van der Waals surface area contributed by atoms with Crippen molar-refractivity contribution in [3.05, 3.63) is 35.9 Å². The lowest BCUT2D eigenvalue weighted by molar-refractivity contribution is -0.127. The van der Waals surface area contributed by atoms with Crippen molar-refractivity contribution in [3.8, 4) is 0 Å². The van der Waals surface area contributed by atoms with E-state index in [-0.39, 0.29) is 11.8 Å². The summed E-state index contributed by atoms with van der Waals surface area (Å²) in [7, 11) is 0. The first-order valence-corrected chi connectivity index (χ1v) is 8.46. The Morgan fingerprint density at radius 2 is 2.17 bits per heavy atom. The first-order valence-electron chi connectivity index (χ1n) is 8.46. The number of benzene rings is 1. The average molecular weight is 316 g/mol. The summed E-state index contributed by atoms with van der Waals surface area (Å²) in [4.78, 5) is 18.4. The fourth-order valence-electron chi connectivity index (χ4n) is 2.73. The van der Waals surface area contributed by atoms with Crippen LogP contribution in [0, 0.1) is 5.92 Å². The number of nitrogens with one attached hydrogen (secondary N) is 1. The standard InChI is InChI=1S/C18H28N4O/c1-3-14(2)21-18(19)20-12-16-11-17(23)22(13-16)10-9-15-7-5-4-6-8-15/h4-8,14,16H,3,9-13H2,1-2H3,(H3,19,20,21). The van der Waals surface area contributed by atoms with Gasteiger partial charge in [0.05, 0.1) is 0 Å². The van der Waals surface area contributed by atoms with Gasteiger partial charge >= 0.3 is 0 Å². The highest BCUT2D eigenvalue weighted by atomic mass is 16.2. The van der Waals surface area contributed by atoms with E-state index < -0.39 is 0 Å². The number of carbonyl (C=O) groups excluding carboxylic acids is 1. The van der Waals surface area contributed by atoms with Gasteiger partial charge in [-0.15, -0.1) is 0 Å². The molecule has 0 radical (unpaired) electrons. The molecular weight excluding hydrogens is 288 g/mol. The largest absolute Gasteiger partial charge is 0.370 e. The van der Waals surface area contributed by atoms with Crippen LogP contribution < -0.4 is 11.1 Å². The van der Waals surface area contributed by atoms with Crippen molar-refractivity contribution in [1.29, 1.82) is 0 Å². The number of amides is 1. The lowest BCUT2D eigenvalue weighted by Crippen LogP contribution is -2.38. The van der Waals surface area contributed by atoms with Crippen molar-refractivity contribution in [2.75, 3.05) is 19.6 Å². The van der Waals surface area contributed by atoms with Gasteiger partial charge in [0, 0.05) is 38.0 Å². The van der Waals surface area contributed by atoms with Gasteiger partial charge in [-0.05, 0) is 25.3 Å². The van der Waals surface area contributed by atoms with Gasteiger partial charge in [-0.3, -0.25) is 9.79 Å². The molecule has 1 fully saturated rings. The van der Waals surface area contributed by atoms with E-state index in [4.69, 9.17) is 5.73 Å². The van der Waals surface area contributed by atoms with Gasteiger partial charge in [0.25, 0.3) is 0 Å². The van der Waals surface area contributed by atoms with Crippen LogP contribution in [0.1, 0.15) is 32.3 Å². The van der Waals surface area contributed by atoms with E-state index in [2.05, 4.69) is 36.3 Å². The molecule has 1 saturated heterocycles. The zero-order chi connectivity index (χ0) is 16.7. The predicted octanol–water partition coefficient (Wildman–Crippen LogP) is 1.78. The molecule has 0 aliphatic carbocycles. The highest BCUT2D eigenvalue weighted by Crippen LogP contribution is 2.18. The van der Waals surface area contributed by atoms with Crippen molar-refractivity contribution in [3.63, 3.8) is 0 Å². The van der Waals surface area contributed by atoms with Gasteiger partial charge in [0.2, 0.25) is 5.91 Å². The second-order valence-electron chi connectivity index (χ2n) is 6.33. The van der Waals surface area contributed by atoms with E-state index >= 15 is 0 Å². The van der Waals surface area contributed by atoms with Crippen molar-refractivity contribution < 1.29 is 4.79 Å². The number of guanidine groups is 1. The maximum absolute atomic E-state index is 12.1. The first kappa shape index (κ1) is 17.3. The Hall–Kier alpha value is -2.04. The third-order valence-corrected chi connectivity index (χ3v) is 4.33. The van der Waals surface area contributed by atoms with E-state index in [0.717, 1.165) is 25.9 Å². The summed E-state index contributed by atoms with van der Waals surface area (Å²) in [5, 5.41) is 3.15. The van der Waals surface area contributed by atoms with Crippen molar-refractivity contribution in [2.45, 2.75) is 39.2 Å². The Bertz CT molecular complexity index is 529. The maximum atomic E-state index is 12.1. The Labute approximate surface area is 139 Å². The van der Waals surface area contributed by atoms with Crippen molar-refractivity contribution >= 4 is 11.9 Å². The molecule has 0 saturated carbocycles. The topological polar surface area (TPSA) is 70.7 Å². The Balaban J connectivity index is 1.77. The van der Waals surface area contributed by atoms with Crippen molar-refractivity contribution in [1.82, 2.24) is 10.2 Å². The summed E-state index contributed by atoms with van der Waals surface area (Å²) >= 11 is 0. The third-order valence-electron chi connectivity index (χ3n) is 4.33. The monoisotopic (exact) mass is 316 g/mol. The smallest absolute Gasteiger partial charge is 0.223 e. The highest BCUT2D eigenvalue weighted by Gasteiger charge is 2.28. The molecular formula is C18H28N4O. The van der Waals surface area contributed by atoms with E-state index in [1.54, 1.807) is 0 Å². The summed E-state index contributed by atoms with van der Waals surface area (Å²) in [5.41, 5.74) is 7.14. The third kappa shape index (κ3) is 5.58. The summed E-state index contributed by atoms with van der Waals surface area (Å²) in [6, 6.07) is 10.6. The molecule has 23 heavy (non-hydrogen) atoms. The molecule has 1 heterocycles. The Morgan fingerprint density at radius 3 is 2.87 bits per heavy atom. The second-order valence-corrected chi connectivity index (χ2v) is 6.33. The molecule has 1 aromatic carbocycles. The molecule has 2 unspecified atom stereocenters. The molecule has 2 rings (SSSR count). The van der Waals surface area contributed by atoms with Crippen LogP contribution in [-0.2, 0) is 11.2 Å². The molecule has 2 atom stereocenters. The van der Waals surface area contributed by atoms with Crippen LogP contribution in [0.5, 0.6) is 0 Å². The number of hydrogen-bond acceptors (Lipinski definition) is 2. The van der Waals surface area contributed by atoms with Crippen LogP contribution in [0.3, 0.4) is 0 Å². The average Bonchev–Trinajstić information content (AvgIpc) is 2.92. The van der Waals surface area contributed by atoms with Crippen LogP contribution in [0.4, 0.5) is 0 Å². The minimum absolute atomic E-state index is 0.231. The van der Waals surface area contributed by atoms with Crippen LogP contribution in [0.25, 0.3) is 0 Å². The van der Waals surface area contributed by atoms with Crippen molar-refractivity contribution in [2.24, 2.45) is 16.6 Å². The number of likely N-dealkylation sites (tertiary alicyclic amines) is 1. The van der Waals surface area contributed by atoms with Crippen LogP contribution in [-0.4, -0.2) is 42.4 Å². The fraction of sp³-hybridized carbons (Fsp3) is 0.556. The van der Waals surface area contributed by atoms with Gasteiger partial charge in [-0.2, -0.15) is 0 Å². The van der Waals surface area contributed by atoms with E-state index in [9.17, 15) is 4.79 Å². The van der Waals surface area contributed by atoms with Crippen LogP contribution in [0.2, 0.25) is 0 Å². The summed E-state index contributed by atoms with van der Waals surface area (Å²) in [6.07, 6.45) is 2.49. The number of carbonyl (C=O) groups is 1. The minimum Gasteiger partial charge on any atom is -0.370 e. The molecule has 1 aliphatic rings. The molecule has 5 nitrogen and oxygen atoms in total. The number of nitrogens with zero attached hydrogens (tertiary/aromatic N) is 2. The zero-order valence-corrected chi connectivity index (χ0v) is 14.2. The molecule has 1 aliphatic heterocycles. The lowest BCUT2D eigenvalue weighted by Gasteiger charge is -2.16. The number of aliphatic imine (C=N–C) groups is 1. The lowest BCUT2D eigenvalue weighted by atomic mass is 10.1. The molecule has 0 spiro atoms. The Kier molecular flexibility index (Phi) is 6.44. The quantitative estimate of drug-likeness (QED) is 0.595. The SMILES string of the molecule is CCC(C)NC(N)=NCC1CC(=O)N(CCc2ccccc2)C1. The van der Waals surface area contributed by atoms with E-state index in [0.29, 0.717) is 25.0 Å². The van der Waals surface area contributed by atoms with Gasteiger partial charge in [0.1, 0.15) is 0 Å². The highest BCUT2D eigenvalue weighted by molar-refractivity contribution is 5.79. The molecule has 0 aromatic heterocycles. The molecule has 1 aromatic rings. The van der Waals surface area contributed by atoms with Gasteiger partial charge in [-0.25, -0.2) is 0 Å². The summed E-state index contributed by atoms with van der Waals surface area (Å²) < 4.78 is 0. The summed E-state index contributed by atoms with van der Waals surface area (Å²) in [5.74, 6) is 0.986. The first-order chi connectivity index (χ1) is 11.1. The molecule has 126 valence electrons. The molecule has 3 N–H and O–H groups in total. The predicted molar refractivity (Wildman–Crippen MR) is 94.2 cm³/mol. The number of rotatable bonds is 7. The Morgan fingerprint density at radius 1 is 1.43 bits per heavy atom. The second kappa shape index (κ2) is 8.56. The van der Waals surface area contributed by atoms with E-state index in [1.807, 2.05) is 23.1 Å².